The summed E-state index contributed by atoms with van der Waals surface area (Å²) in [7, 11) is 0. The second-order valence-corrected chi connectivity index (χ2v) is 5.46. The zero-order valence-corrected chi connectivity index (χ0v) is 11.3. The molecule has 1 unspecified atom stereocenters. The summed E-state index contributed by atoms with van der Waals surface area (Å²) in [6, 6.07) is 1.55. The second-order valence-electron chi connectivity index (χ2n) is 5.46. The van der Waals surface area contributed by atoms with Gasteiger partial charge in [0.25, 0.3) is 0 Å². The molecule has 1 aliphatic heterocycles. The molecule has 3 heteroatoms. The van der Waals surface area contributed by atoms with Crippen LogP contribution in [-0.4, -0.2) is 49.8 Å². The van der Waals surface area contributed by atoms with Crippen molar-refractivity contribution in [1.82, 2.24) is 10.2 Å². The van der Waals surface area contributed by atoms with Crippen molar-refractivity contribution < 1.29 is 4.74 Å². The minimum absolute atomic E-state index is 0.674. The highest BCUT2D eigenvalue weighted by atomic mass is 16.5. The van der Waals surface area contributed by atoms with Crippen molar-refractivity contribution in [3.63, 3.8) is 0 Å². The van der Waals surface area contributed by atoms with Gasteiger partial charge < -0.3 is 10.1 Å². The maximum absolute atomic E-state index is 5.53. The second kappa shape index (κ2) is 7.34. The van der Waals surface area contributed by atoms with Crippen molar-refractivity contribution in [1.29, 1.82) is 0 Å². The van der Waals surface area contributed by atoms with E-state index in [1.165, 1.54) is 51.6 Å². The van der Waals surface area contributed by atoms with Crippen molar-refractivity contribution in [3.05, 3.63) is 0 Å². The summed E-state index contributed by atoms with van der Waals surface area (Å²) in [5, 5.41) is 3.58. The maximum Gasteiger partial charge on any atom is 0.0622 e. The molecule has 1 heterocycles. The Balaban J connectivity index is 1.47. The number of unbranched alkanes of at least 4 members (excludes halogenated alkanes) is 2. The molecule has 0 aromatic carbocycles. The van der Waals surface area contributed by atoms with Gasteiger partial charge in [0.1, 0.15) is 0 Å². The summed E-state index contributed by atoms with van der Waals surface area (Å²) in [5.74, 6) is 0. The van der Waals surface area contributed by atoms with E-state index in [1.807, 2.05) is 0 Å². The lowest BCUT2D eigenvalue weighted by atomic mass is 10.1. The fraction of sp³-hybridized carbons (Fsp3) is 1.00. The van der Waals surface area contributed by atoms with Crippen LogP contribution in [0.25, 0.3) is 0 Å². The van der Waals surface area contributed by atoms with Gasteiger partial charge in [0.05, 0.1) is 13.2 Å². The van der Waals surface area contributed by atoms with Gasteiger partial charge in [-0.1, -0.05) is 13.3 Å². The van der Waals surface area contributed by atoms with Gasteiger partial charge in [0, 0.05) is 18.6 Å². The molecule has 1 saturated heterocycles. The number of morpholine rings is 1. The minimum Gasteiger partial charge on any atom is -0.378 e. The first-order valence-electron chi connectivity index (χ1n) is 7.45. The van der Waals surface area contributed by atoms with Crippen molar-refractivity contribution >= 4 is 0 Å². The van der Waals surface area contributed by atoms with Crippen molar-refractivity contribution in [2.75, 3.05) is 32.8 Å². The quantitative estimate of drug-likeness (QED) is 0.657. The van der Waals surface area contributed by atoms with E-state index in [4.69, 9.17) is 4.74 Å². The Labute approximate surface area is 106 Å². The molecule has 2 fully saturated rings. The van der Waals surface area contributed by atoms with Crippen LogP contribution in [0.15, 0.2) is 0 Å². The smallest absolute Gasteiger partial charge is 0.0622 e. The molecule has 0 spiro atoms. The molecule has 1 atom stereocenters. The van der Waals surface area contributed by atoms with Crippen LogP contribution >= 0.6 is 0 Å². The van der Waals surface area contributed by atoms with Gasteiger partial charge >= 0.3 is 0 Å². The summed E-state index contributed by atoms with van der Waals surface area (Å²) < 4.78 is 5.53. The Morgan fingerprint density at radius 2 is 2.12 bits per heavy atom. The van der Waals surface area contributed by atoms with Crippen molar-refractivity contribution in [2.24, 2.45) is 0 Å². The third-order valence-electron chi connectivity index (χ3n) is 3.95. The summed E-state index contributed by atoms with van der Waals surface area (Å²) in [4.78, 5) is 2.62. The molecule has 0 amide bonds. The van der Waals surface area contributed by atoms with Crippen molar-refractivity contribution in [3.8, 4) is 0 Å². The van der Waals surface area contributed by atoms with E-state index in [-0.39, 0.29) is 0 Å². The van der Waals surface area contributed by atoms with Crippen LogP contribution in [0.3, 0.4) is 0 Å². The topological polar surface area (TPSA) is 24.5 Å². The standard InChI is InChI=1S/C14H28N2O/c1-2-14-12-17-11-10-16(14)9-5-3-4-8-15-13-6-7-13/h13-15H,2-12H2,1H3. The van der Waals surface area contributed by atoms with E-state index in [0.29, 0.717) is 6.04 Å². The predicted octanol–water partition coefficient (Wildman–Crippen LogP) is 2.02. The number of hydrogen-bond donors (Lipinski definition) is 1. The van der Waals surface area contributed by atoms with Gasteiger partial charge in [-0.2, -0.15) is 0 Å². The van der Waals surface area contributed by atoms with Gasteiger partial charge in [0.2, 0.25) is 0 Å². The Morgan fingerprint density at radius 1 is 1.24 bits per heavy atom. The first kappa shape index (κ1) is 13.3. The molecule has 0 aromatic heterocycles. The van der Waals surface area contributed by atoms with E-state index in [2.05, 4.69) is 17.1 Å². The highest BCUT2D eigenvalue weighted by Gasteiger charge is 2.21. The molecule has 3 nitrogen and oxygen atoms in total. The van der Waals surface area contributed by atoms with Gasteiger partial charge in [-0.3, -0.25) is 4.90 Å². The molecule has 2 rings (SSSR count). The molecule has 0 radical (unpaired) electrons. The number of rotatable bonds is 8. The SMILES string of the molecule is CCC1COCCN1CCCCCNC1CC1. The average molecular weight is 240 g/mol. The number of hydrogen-bond acceptors (Lipinski definition) is 3. The molecule has 1 aliphatic carbocycles. The molecule has 1 N–H and O–H groups in total. The first-order valence-corrected chi connectivity index (χ1v) is 7.45. The zero-order chi connectivity index (χ0) is 11.9. The minimum atomic E-state index is 0.674. The average Bonchev–Trinajstić information content (AvgIpc) is 3.18. The predicted molar refractivity (Wildman–Crippen MR) is 71.3 cm³/mol. The molecule has 2 aliphatic rings. The maximum atomic E-state index is 5.53. The van der Waals surface area contributed by atoms with E-state index in [9.17, 15) is 0 Å². The van der Waals surface area contributed by atoms with Crippen LogP contribution in [-0.2, 0) is 4.74 Å². The zero-order valence-electron chi connectivity index (χ0n) is 11.3. The molecular formula is C14H28N2O. The lowest BCUT2D eigenvalue weighted by molar-refractivity contribution is -0.00916. The van der Waals surface area contributed by atoms with E-state index in [0.717, 1.165) is 25.8 Å². The first-order chi connectivity index (χ1) is 8.40. The third-order valence-corrected chi connectivity index (χ3v) is 3.95. The van der Waals surface area contributed by atoms with Gasteiger partial charge in [-0.25, -0.2) is 0 Å². The molecule has 0 aromatic rings. The summed E-state index contributed by atoms with van der Waals surface area (Å²) in [6.45, 7) is 7.78. The van der Waals surface area contributed by atoms with E-state index >= 15 is 0 Å². The fourth-order valence-corrected chi connectivity index (χ4v) is 2.57. The molecule has 100 valence electrons. The van der Waals surface area contributed by atoms with Crippen LogP contribution in [0.1, 0.15) is 45.4 Å². The monoisotopic (exact) mass is 240 g/mol. The van der Waals surface area contributed by atoms with Crippen LogP contribution in [0.2, 0.25) is 0 Å². The largest absolute Gasteiger partial charge is 0.378 e. The Hall–Kier alpha value is -0.120. The number of ether oxygens (including phenoxy) is 1. The lowest BCUT2D eigenvalue weighted by Gasteiger charge is -2.35. The summed E-state index contributed by atoms with van der Waals surface area (Å²) in [5.41, 5.74) is 0. The van der Waals surface area contributed by atoms with Gasteiger partial charge in [-0.15, -0.1) is 0 Å². The number of nitrogens with zero attached hydrogens (tertiary/aromatic N) is 1. The molecule has 17 heavy (non-hydrogen) atoms. The van der Waals surface area contributed by atoms with Crippen LogP contribution in [0, 0.1) is 0 Å². The molecular weight excluding hydrogens is 212 g/mol. The lowest BCUT2D eigenvalue weighted by Crippen LogP contribution is -2.45. The van der Waals surface area contributed by atoms with E-state index < -0.39 is 0 Å². The normalized spacial score (nSPS) is 26.3. The summed E-state index contributed by atoms with van der Waals surface area (Å²) in [6.07, 6.45) is 8.11. The van der Waals surface area contributed by atoms with Crippen LogP contribution in [0.4, 0.5) is 0 Å². The van der Waals surface area contributed by atoms with Gasteiger partial charge in [-0.05, 0) is 45.2 Å². The van der Waals surface area contributed by atoms with Gasteiger partial charge in [0.15, 0.2) is 0 Å². The Morgan fingerprint density at radius 3 is 2.88 bits per heavy atom. The van der Waals surface area contributed by atoms with Crippen LogP contribution in [0.5, 0.6) is 0 Å². The van der Waals surface area contributed by atoms with Crippen molar-refractivity contribution in [2.45, 2.75) is 57.5 Å². The third kappa shape index (κ3) is 4.94. The Bertz CT molecular complexity index is 206. The molecule has 1 saturated carbocycles. The summed E-state index contributed by atoms with van der Waals surface area (Å²) >= 11 is 0. The van der Waals surface area contributed by atoms with E-state index in [1.54, 1.807) is 0 Å². The Kier molecular flexibility index (Phi) is 5.75. The fourth-order valence-electron chi connectivity index (χ4n) is 2.57. The highest BCUT2D eigenvalue weighted by Crippen LogP contribution is 2.18. The number of nitrogens with one attached hydrogen (secondary N) is 1. The highest BCUT2D eigenvalue weighted by molar-refractivity contribution is 4.80. The molecule has 0 bridgehead atoms. The van der Waals surface area contributed by atoms with Crippen LogP contribution < -0.4 is 5.32 Å².